The molecule has 1 rings (SSSR count). The smallest absolute Gasteiger partial charge is 0.104 e. The van der Waals surface area contributed by atoms with Crippen LogP contribution < -0.4 is 5.32 Å². The summed E-state index contributed by atoms with van der Waals surface area (Å²) in [5.74, 6) is 0. The number of rotatable bonds is 3. The number of hydrogen-bond acceptors (Lipinski definition) is 2. The van der Waals surface area contributed by atoms with E-state index in [0.717, 1.165) is 10.0 Å². The van der Waals surface area contributed by atoms with Crippen LogP contribution in [0.3, 0.4) is 0 Å². The van der Waals surface area contributed by atoms with E-state index in [2.05, 4.69) is 27.3 Å². The predicted octanol–water partition coefficient (Wildman–Crippen LogP) is 3.49. The highest BCUT2D eigenvalue weighted by molar-refractivity contribution is 9.10. The number of hydrogen-bond donors (Lipinski definition) is 1. The van der Waals surface area contributed by atoms with Gasteiger partial charge in [0.2, 0.25) is 0 Å². The van der Waals surface area contributed by atoms with Gasteiger partial charge in [0.1, 0.15) is 6.04 Å². The van der Waals surface area contributed by atoms with E-state index >= 15 is 0 Å². The number of nitrogens with one attached hydrogen (secondary N) is 1. The minimum absolute atomic E-state index is 0.236. The van der Waals surface area contributed by atoms with Gasteiger partial charge in [0.15, 0.2) is 0 Å². The molecular weight excluding hydrogens is 288 g/mol. The summed E-state index contributed by atoms with van der Waals surface area (Å²) >= 11 is 9.35. The molecule has 0 aliphatic carbocycles. The van der Waals surface area contributed by atoms with Crippen LogP contribution in [0.2, 0.25) is 5.02 Å². The molecule has 0 saturated heterocycles. The maximum Gasteiger partial charge on any atom is 0.104 e. The van der Waals surface area contributed by atoms with Crippen LogP contribution in [0, 0.1) is 11.3 Å². The van der Waals surface area contributed by atoms with Gasteiger partial charge in [-0.25, -0.2) is 0 Å². The van der Waals surface area contributed by atoms with E-state index in [1.807, 2.05) is 32.0 Å². The summed E-state index contributed by atoms with van der Waals surface area (Å²) in [5.41, 5.74) is 0.807. The fraction of sp³-hybridized carbons (Fsp3) is 0.417. The number of nitriles is 1. The van der Waals surface area contributed by atoms with Crippen LogP contribution >= 0.6 is 27.5 Å². The van der Waals surface area contributed by atoms with Crippen molar-refractivity contribution in [2.75, 3.05) is 7.05 Å². The van der Waals surface area contributed by atoms with E-state index in [1.54, 1.807) is 7.05 Å². The van der Waals surface area contributed by atoms with Gasteiger partial charge >= 0.3 is 0 Å². The average molecular weight is 302 g/mol. The summed E-state index contributed by atoms with van der Waals surface area (Å²) in [4.78, 5) is 0. The van der Waals surface area contributed by atoms with E-state index in [0.29, 0.717) is 5.02 Å². The van der Waals surface area contributed by atoms with Gasteiger partial charge in [0.05, 0.1) is 11.1 Å². The second kappa shape index (κ2) is 5.18. The van der Waals surface area contributed by atoms with E-state index in [1.165, 1.54) is 0 Å². The molecule has 2 nitrogen and oxygen atoms in total. The molecule has 0 saturated carbocycles. The molecule has 0 aliphatic heterocycles. The van der Waals surface area contributed by atoms with Crippen LogP contribution in [0.4, 0.5) is 0 Å². The van der Waals surface area contributed by atoms with Crippen molar-refractivity contribution in [3.05, 3.63) is 33.3 Å². The van der Waals surface area contributed by atoms with E-state index in [-0.39, 0.29) is 11.5 Å². The van der Waals surface area contributed by atoms with Gasteiger partial charge < -0.3 is 5.32 Å². The van der Waals surface area contributed by atoms with E-state index < -0.39 is 0 Å². The Hall–Kier alpha value is -0.560. The van der Waals surface area contributed by atoms with E-state index in [9.17, 15) is 0 Å². The van der Waals surface area contributed by atoms with Gasteiger partial charge in [-0.2, -0.15) is 5.26 Å². The lowest BCUT2D eigenvalue weighted by molar-refractivity contribution is 0.423. The zero-order valence-electron chi connectivity index (χ0n) is 9.51. The number of benzene rings is 1. The van der Waals surface area contributed by atoms with Crippen LogP contribution in [-0.2, 0) is 5.41 Å². The Labute approximate surface area is 110 Å². The Morgan fingerprint density at radius 1 is 1.50 bits per heavy atom. The summed E-state index contributed by atoms with van der Waals surface area (Å²) < 4.78 is 0.854. The normalized spacial score (nSPS) is 13.2. The van der Waals surface area contributed by atoms with Gasteiger partial charge in [0, 0.05) is 9.89 Å². The SMILES string of the molecule is CNC(C#N)C(C)(C)c1ccc(Cl)c(Br)c1. The molecule has 16 heavy (non-hydrogen) atoms. The first-order valence-electron chi connectivity index (χ1n) is 4.96. The molecule has 1 N–H and O–H groups in total. The zero-order chi connectivity index (χ0) is 12.3. The molecule has 4 heteroatoms. The molecule has 0 bridgehead atoms. The quantitative estimate of drug-likeness (QED) is 0.927. The topological polar surface area (TPSA) is 35.8 Å². The summed E-state index contributed by atoms with van der Waals surface area (Å²) in [6.45, 7) is 4.07. The van der Waals surface area contributed by atoms with Gasteiger partial charge in [-0.15, -0.1) is 0 Å². The monoisotopic (exact) mass is 300 g/mol. The van der Waals surface area contributed by atoms with Crippen LogP contribution in [-0.4, -0.2) is 13.1 Å². The largest absolute Gasteiger partial charge is 0.304 e. The molecule has 1 atom stereocenters. The van der Waals surface area contributed by atoms with Crippen molar-refractivity contribution in [2.45, 2.75) is 25.3 Å². The van der Waals surface area contributed by atoms with Crippen LogP contribution in [0.5, 0.6) is 0 Å². The second-order valence-electron chi connectivity index (χ2n) is 4.20. The lowest BCUT2D eigenvalue weighted by atomic mass is 9.78. The minimum Gasteiger partial charge on any atom is -0.304 e. The predicted molar refractivity (Wildman–Crippen MR) is 70.6 cm³/mol. The van der Waals surface area contributed by atoms with Gasteiger partial charge in [0.25, 0.3) is 0 Å². The van der Waals surface area contributed by atoms with Crippen LogP contribution in [0.1, 0.15) is 19.4 Å². The zero-order valence-corrected chi connectivity index (χ0v) is 11.9. The Morgan fingerprint density at radius 2 is 2.12 bits per heavy atom. The Morgan fingerprint density at radius 3 is 2.56 bits per heavy atom. The molecule has 86 valence electrons. The standard InChI is InChI=1S/C12H14BrClN2/c1-12(2,11(7-15)16-3)8-4-5-10(14)9(13)6-8/h4-6,11,16H,1-3H3. The Kier molecular flexibility index (Phi) is 4.37. The summed E-state index contributed by atoms with van der Waals surface area (Å²) in [6.07, 6.45) is 0. The molecule has 1 aromatic carbocycles. The first-order valence-corrected chi connectivity index (χ1v) is 6.13. The Bertz CT molecular complexity index is 424. The molecule has 0 amide bonds. The first kappa shape index (κ1) is 13.5. The van der Waals surface area contributed by atoms with E-state index in [4.69, 9.17) is 16.9 Å². The van der Waals surface area contributed by atoms with Crippen molar-refractivity contribution in [3.63, 3.8) is 0 Å². The molecule has 0 fully saturated rings. The summed E-state index contributed by atoms with van der Waals surface area (Å²) in [5, 5.41) is 12.8. The van der Waals surface area contributed by atoms with Gasteiger partial charge in [-0.1, -0.05) is 31.5 Å². The fourth-order valence-corrected chi connectivity index (χ4v) is 2.15. The minimum atomic E-state index is -0.267. The molecule has 0 spiro atoms. The Balaban J connectivity index is 3.17. The maximum absolute atomic E-state index is 9.10. The average Bonchev–Trinajstić information content (AvgIpc) is 2.23. The van der Waals surface area contributed by atoms with Gasteiger partial charge in [-0.3, -0.25) is 0 Å². The maximum atomic E-state index is 9.10. The third-order valence-electron chi connectivity index (χ3n) is 2.80. The van der Waals surface area contributed by atoms with Crippen molar-refractivity contribution < 1.29 is 0 Å². The molecule has 1 aromatic rings. The molecule has 0 radical (unpaired) electrons. The summed E-state index contributed by atoms with van der Waals surface area (Å²) in [7, 11) is 1.79. The van der Waals surface area contributed by atoms with Crippen molar-refractivity contribution in [1.29, 1.82) is 5.26 Å². The number of likely N-dealkylation sites (N-methyl/N-ethyl adjacent to an activating group) is 1. The van der Waals surface area contributed by atoms with Crippen molar-refractivity contribution in [3.8, 4) is 6.07 Å². The molecular formula is C12H14BrClN2. The first-order chi connectivity index (χ1) is 7.43. The highest BCUT2D eigenvalue weighted by atomic mass is 79.9. The fourth-order valence-electron chi connectivity index (χ4n) is 1.65. The van der Waals surface area contributed by atoms with Crippen LogP contribution in [0.15, 0.2) is 22.7 Å². The third kappa shape index (κ3) is 2.57. The van der Waals surface area contributed by atoms with Gasteiger partial charge in [-0.05, 0) is 40.7 Å². The highest BCUT2D eigenvalue weighted by Gasteiger charge is 2.30. The van der Waals surface area contributed by atoms with Crippen molar-refractivity contribution in [2.24, 2.45) is 0 Å². The van der Waals surface area contributed by atoms with Crippen molar-refractivity contribution in [1.82, 2.24) is 5.32 Å². The molecule has 0 aromatic heterocycles. The lowest BCUT2D eigenvalue weighted by Crippen LogP contribution is -2.41. The molecule has 1 unspecified atom stereocenters. The van der Waals surface area contributed by atoms with Crippen molar-refractivity contribution >= 4 is 27.5 Å². The second-order valence-corrected chi connectivity index (χ2v) is 5.46. The third-order valence-corrected chi connectivity index (χ3v) is 4.02. The lowest BCUT2D eigenvalue weighted by Gasteiger charge is -2.30. The highest BCUT2D eigenvalue weighted by Crippen LogP contribution is 2.32. The number of halogens is 2. The number of nitrogens with zero attached hydrogens (tertiary/aromatic N) is 1. The van der Waals surface area contributed by atoms with Crippen LogP contribution in [0.25, 0.3) is 0 Å². The summed E-state index contributed by atoms with van der Waals surface area (Å²) in [6, 6.07) is 7.79. The molecule has 0 aliphatic rings. The molecule has 0 heterocycles.